The molecular formula is H2AsFeSSb. The van der Waals surface area contributed by atoms with Crippen LogP contribution in [0.25, 0.3) is 0 Å². The summed E-state index contributed by atoms with van der Waals surface area (Å²) in [5.74, 6) is 0. The predicted octanol–water partition coefficient (Wildman–Crippen LogP) is -0.651. The van der Waals surface area contributed by atoms with Gasteiger partial charge in [0.1, 0.15) is 0 Å². The third-order valence-corrected chi connectivity index (χ3v) is 0. The largest absolute Gasteiger partial charge is 0.197 e. The van der Waals surface area contributed by atoms with E-state index in [4.69, 9.17) is 0 Å². The second kappa shape index (κ2) is 18.7. The van der Waals surface area contributed by atoms with Gasteiger partial charge in [-0.15, -0.1) is 0 Å². The molecule has 0 fully saturated rings. The van der Waals surface area contributed by atoms with Crippen LogP contribution in [0.1, 0.15) is 0 Å². The van der Waals surface area contributed by atoms with Crippen LogP contribution >= 0.6 is 13.5 Å². The number of hydrogen-bond donors (Lipinski definition) is 0. The van der Waals surface area contributed by atoms with Crippen molar-refractivity contribution in [2.75, 3.05) is 0 Å². The summed E-state index contributed by atoms with van der Waals surface area (Å²) in [5, 5.41) is 0. The van der Waals surface area contributed by atoms with E-state index in [1.54, 1.807) is 0 Å². The van der Waals surface area contributed by atoms with Gasteiger partial charge in [0, 0.05) is 59.5 Å². The minimum atomic E-state index is 0. The molecule has 4 heavy (non-hydrogen) atoms. The molecule has 0 heterocycles. The molecule has 0 aliphatic carbocycles. The second-order valence-electron chi connectivity index (χ2n) is 0. The van der Waals surface area contributed by atoms with Gasteiger partial charge in [-0.2, -0.15) is 13.5 Å². The van der Waals surface area contributed by atoms with Crippen molar-refractivity contribution in [3.8, 4) is 0 Å². The fourth-order valence-corrected chi connectivity index (χ4v) is 0. The molecular weight excluding hydrogens is 285 g/mol. The van der Waals surface area contributed by atoms with Crippen LogP contribution in [0.5, 0.6) is 0 Å². The minimum Gasteiger partial charge on any atom is -0.197 e. The minimum absolute atomic E-state index is 0. The van der Waals surface area contributed by atoms with Crippen LogP contribution in [0, 0.1) is 0 Å². The van der Waals surface area contributed by atoms with Crippen LogP contribution in [0.2, 0.25) is 0 Å². The van der Waals surface area contributed by atoms with E-state index in [9.17, 15) is 0 Å². The summed E-state index contributed by atoms with van der Waals surface area (Å²) in [6.07, 6.45) is 0. The van der Waals surface area contributed by atoms with Crippen molar-refractivity contribution in [1.82, 2.24) is 0 Å². The van der Waals surface area contributed by atoms with Gasteiger partial charge in [0.2, 0.25) is 0 Å². The maximum Gasteiger partial charge on any atom is 0 e. The van der Waals surface area contributed by atoms with E-state index in [1.807, 2.05) is 0 Å². The molecule has 0 aromatic carbocycles. The van der Waals surface area contributed by atoms with Crippen LogP contribution < -0.4 is 0 Å². The van der Waals surface area contributed by atoms with Gasteiger partial charge in [-0.25, -0.2) is 0 Å². The van der Waals surface area contributed by atoms with Gasteiger partial charge < -0.3 is 0 Å². The summed E-state index contributed by atoms with van der Waals surface area (Å²) < 4.78 is 0. The maximum absolute atomic E-state index is 0. The quantitative estimate of drug-likeness (QED) is 0.519. The standard InChI is InChI=1S/As.Fe.H2S.Sb/h;;1H2;. The van der Waals surface area contributed by atoms with Crippen LogP contribution in [-0.4, -0.2) is 42.4 Å². The summed E-state index contributed by atoms with van der Waals surface area (Å²) >= 11 is 0. The van der Waals surface area contributed by atoms with E-state index in [0.717, 1.165) is 0 Å². The molecule has 0 aromatic rings. The monoisotopic (exact) mass is 286 g/mol. The van der Waals surface area contributed by atoms with E-state index in [2.05, 4.69) is 0 Å². The summed E-state index contributed by atoms with van der Waals surface area (Å²) in [7, 11) is 0. The van der Waals surface area contributed by atoms with E-state index in [-0.39, 0.29) is 72.9 Å². The van der Waals surface area contributed by atoms with Gasteiger partial charge in [0.25, 0.3) is 0 Å². The Kier molecular flexibility index (Phi) is 160. The van der Waals surface area contributed by atoms with Crippen molar-refractivity contribution in [2.24, 2.45) is 0 Å². The summed E-state index contributed by atoms with van der Waals surface area (Å²) in [4.78, 5) is 0. The molecule has 0 spiro atoms. The van der Waals surface area contributed by atoms with Crippen molar-refractivity contribution in [3.63, 3.8) is 0 Å². The zero-order valence-corrected chi connectivity index (χ0v) is 8.28. The van der Waals surface area contributed by atoms with Crippen molar-refractivity contribution >= 4 is 55.9 Å². The normalized spacial score (nSPS) is 0. The van der Waals surface area contributed by atoms with Gasteiger partial charge in [-0.1, -0.05) is 0 Å². The summed E-state index contributed by atoms with van der Waals surface area (Å²) in [6, 6.07) is 0. The molecule has 6 radical (unpaired) electrons. The Labute approximate surface area is 72.2 Å². The van der Waals surface area contributed by atoms with Crippen LogP contribution in [0.15, 0.2) is 0 Å². The maximum atomic E-state index is 0. The molecule has 0 nitrogen and oxygen atoms in total. The molecule has 0 bridgehead atoms. The first kappa shape index (κ1) is 34.1. The van der Waals surface area contributed by atoms with E-state index >= 15 is 0 Å². The van der Waals surface area contributed by atoms with Gasteiger partial charge in [-0.3, -0.25) is 0 Å². The Morgan fingerprint density at radius 1 is 1.00 bits per heavy atom. The Morgan fingerprint density at radius 3 is 1.00 bits per heavy atom. The van der Waals surface area contributed by atoms with Crippen LogP contribution in [0.4, 0.5) is 0 Å². The van der Waals surface area contributed by atoms with E-state index in [1.165, 1.54) is 0 Å². The number of hydrogen-bond acceptors (Lipinski definition) is 0. The van der Waals surface area contributed by atoms with Gasteiger partial charge >= 0.3 is 0 Å². The van der Waals surface area contributed by atoms with Crippen molar-refractivity contribution in [1.29, 1.82) is 0 Å². The molecule has 26 valence electrons. The summed E-state index contributed by atoms with van der Waals surface area (Å²) in [6.45, 7) is 0. The average Bonchev–Trinajstić information content (AvgIpc) is 0. The fraction of sp³-hybridized carbons (Fsp3) is 0. The molecule has 0 aliphatic rings. The van der Waals surface area contributed by atoms with Crippen LogP contribution in [0.3, 0.4) is 0 Å². The van der Waals surface area contributed by atoms with Gasteiger partial charge in [-0.05, 0) is 0 Å². The van der Waals surface area contributed by atoms with E-state index in [0.29, 0.717) is 0 Å². The first-order valence-corrected chi connectivity index (χ1v) is 0. The van der Waals surface area contributed by atoms with Gasteiger partial charge in [0.15, 0.2) is 0 Å². The van der Waals surface area contributed by atoms with Crippen molar-refractivity contribution in [2.45, 2.75) is 0 Å². The fourth-order valence-electron chi connectivity index (χ4n) is 0. The third kappa shape index (κ3) is 8.87. The molecule has 0 saturated carbocycles. The zero-order valence-electron chi connectivity index (χ0n) is 1.75. The SMILES string of the molecule is S.[As].[Fe].[Sb]. The molecule has 0 aliphatic heterocycles. The smallest absolute Gasteiger partial charge is 0 e. The molecule has 0 rings (SSSR count). The summed E-state index contributed by atoms with van der Waals surface area (Å²) in [5.41, 5.74) is 0. The first-order chi connectivity index (χ1) is 0. The Balaban J connectivity index is 0. The second-order valence-corrected chi connectivity index (χ2v) is 0. The van der Waals surface area contributed by atoms with E-state index < -0.39 is 0 Å². The molecule has 0 aromatic heterocycles. The molecule has 0 N–H and O–H groups in total. The van der Waals surface area contributed by atoms with Crippen molar-refractivity contribution in [3.05, 3.63) is 0 Å². The average molecular weight is 287 g/mol. The third-order valence-electron chi connectivity index (χ3n) is 0. The molecule has 0 saturated heterocycles. The number of rotatable bonds is 0. The Bertz CT molecular complexity index is 8.00. The molecule has 0 amide bonds. The molecule has 0 unspecified atom stereocenters. The molecule has 0 atom stereocenters. The Hall–Kier alpha value is 2.25. The first-order valence-electron chi connectivity index (χ1n) is 0. The Morgan fingerprint density at radius 2 is 1.00 bits per heavy atom. The van der Waals surface area contributed by atoms with Crippen LogP contribution in [-0.2, 0) is 17.1 Å². The van der Waals surface area contributed by atoms with Gasteiger partial charge in [0.05, 0.1) is 0 Å². The molecule has 4 heteroatoms. The topological polar surface area (TPSA) is 0 Å². The predicted molar refractivity (Wildman–Crippen MR) is 21.9 cm³/mol. The zero-order chi connectivity index (χ0) is 0. The van der Waals surface area contributed by atoms with Crippen molar-refractivity contribution < 1.29 is 17.1 Å².